The number of nitrogens with two attached hydrogens (primary N) is 5. The molecular formula is C32H43N5O12. The fraction of sp³-hybridized carbons (Fsp3) is 0.281. The summed E-state index contributed by atoms with van der Waals surface area (Å²) in [5, 5.41) is 60.6. The minimum absolute atomic E-state index is 0.0213. The molecule has 0 aliphatic heterocycles. The first-order valence-electron chi connectivity index (χ1n) is 14.4. The van der Waals surface area contributed by atoms with Gasteiger partial charge in [-0.25, -0.2) is 0 Å². The highest BCUT2D eigenvalue weighted by Crippen LogP contribution is 2.12. The first-order chi connectivity index (χ1) is 22.8. The maximum absolute atomic E-state index is 10.4. The van der Waals surface area contributed by atoms with Gasteiger partial charge in [0.15, 0.2) is 0 Å². The number of carbonyl (C=O) groups excluding carboxylic acids is 1. The molecule has 0 aliphatic rings. The van der Waals surface area contributed by atoms with E-state index in [1.807, 2.05) is 0 Å². The molecule has 17 N–H and O–H groups in total. The summed E-state index contributed by atoms with van der Waals surface area (Å²) in [6.07, 6.45) is 0.943. The van der Waals surface area contributed by atoms with Crippen LogP contribution in [-0.4, -0.2) is 89.7 Å². The van der Waals surface area contributed by atoms with Crippen LogP contribution in [0.5, 0.6) is 17.2 Å². The maximum atomic E-state index is 10.4. The zero-order valence-corrected chi connectivity index (χ0v) is 26.3. The summed E-state index contributed by atoms with van der Waals surface area (Å²) in [6.45, 7) is 0. The molecule has 17 nitrogen and oxygen atoms in total. The lowest BCUT2D eigenvalue weighted by molar-refractivity contribution is -0.139. The minimum Gasteiger partial charge on any atom is -0.508 e. The molecule has 0 aromatic heterocycles. The number of carboxylic acids is 4. The van der Waals surface area contributed by atoms with E-state index in [2.05, 4.69) is 0 Å². The van der Waals surface area contributed by atoms with Crippen LogP contribution in [0.25, 0.3) is 0 Å². The standard InChI is InChI=1S/3C9H11NO3.C5H10N2O3/c3*10-8(9(12)13)5-6-1-3-7(11)4-2-6;6-3(5(9)10)1-2-4(7)8/h3*1-4,8,11H,5,10H2,(H,12,13);3H,1-2,6H2,(H2,7,8)(H,9,10). The molecule has 3 aromatic rings. The molecule has 49 heavy (non-hydrogen) atoms. The van der Waals surface area contributed by atoms with Gasteiger partial charge in [0.25, 0.3) is 0 Å². The summed E-state index contributed by atoms with van der Waals surface area (Å²) < 4.78 is 0. The normalized spacial score (nSPS) is 12.4. The molecule has 17 heteroatoms. The molecule has 0 heterocycles. The average molecular weight is 690 g/mol. The van der Waals surface area contributed by atoms with Crippen molar-refractivity contribution >= 4 is 29.8 Å². The lowest BCUT2D eigenvalue weighted by atomic mass is 10.1. The van der Waals surface area contributed by atoms with Crippen LogP contribution in [0.15, 0.2) is 72.8 Å². The number of benzene rings is 3. The molecule has 268 valence electrons. The third-order valence-corrected chi connectivity index (χ3v) is 6.15. The molecule has 4 unspecified atom stereocenters. The monoisotopic (exact) mass is 689 g/mol. The van der Waals surface area contributed by atoms with Crippen molar-refractivity contribution < 1.29 is 59.7 Å². The molecular weight excluding hydrogens is 646 g/mol. The molecule has 0 radical (unpaired) electrons. The second kappa shape index (κ2) is 22.7. The average Bonchev–Trinajstić information content (AvgIpc) is 3.03. The molecule has 0 aliphatic carbocycles. The number of hydrogen-bond donors (Lipinski definition) is 12. The SMILES string of the molecule is NC(=O)CCC(N)C(=O)O.NC(Cc1ccc(O)cc1)C(=O)O.NC(Cc1ccc(O)cc1)C(=O)O.NC(Cc1ccc(O)cc1)C(=O)O. The molecule has 0 saturated heterocycles. The van der Waals surface area contributed by atoms with E-state index in [1.165, 1.54) is 36.4 Å². The maximum Gasteiger partial charge on any atom is 0.320 e. The van der Waals surface area contributed by atoms with Crippen molar-refractivity contribution in [1.29, 1.82) is 0 Å². The molecule has 1 amide bonds. The Hall–Kier alpha value is -5.75. The molecule has 0 bridgehead atoms. The second-order valence-corrected chi connectivity index (χ2v) is 10.4. The van der Waals surface area contributed by atoms with Gasteiger partial charge in [0.05, 0.1) is 0 Å². The van der Waals surface area contributed by atoms with Gasteiger partial charge in [-0.05, 0) is 78.8 Å². The number of primary amides is 1. The Morgan fingerprint density at radius 1 is 0.449 bits per heavy atom. The zero-order chi connectivity index (χ0) is 37.7. The van der Waals surface area contributed by atoms with Crippen LogP contribution in [0.2, 0.25) is 0 Å². The van der Waals surface area contributed by atoms with Gasteiger partial charge >= 0.3 is 23.9 Å². The largest absolute Gasteiger partial charge is 0.508 e. The van der Waals surface area contributed by atoms with Crippen LogP contribution in [0.4, 0.5) is 0 Å². The molecule has 0 fully saturated rings. The van der Waals surface area contributed by atoms with E-state index in [9.17, 15) is 24.0 Å². The van der Waals surface area contributed by atoms with Gasteiger partial charge in [0.2, 0.25) is 5.91 Å². The van der Waals surface area contributed by atoms with Crippen molar-refractivity contribution in [3.63, 3.8) is 0 Å². The van der Waals surface area contributed by atoms with Crippen LogP contribution in [0.1, 0.15) is 29.5 Å². The van der Waals surface area contributed by atoms with Crippen LogP contribution in [-0.2, 0) is 43.2 Å². The van der Waals surface area contributed by atoms with Gasteiger partial charge in [-0.1, -0.05) is 36.4 Å². The van der Waals surface area contributed by atoms with E-state index in [-0.39, 0.29) is 49.4 Å². The smallest absolute Gasteiger partial charge is 0.320 e. The fourth-order valence-electron chi connectivity index (χ4n) is 3.34. The lowest BCUT2D eigenvalue weighted by Crippen LogP contribution is -2.32. The highest BCUT2D eigenvalue weighted by molar-refractivity contribution is 5.77. The van der Waals surface area contributed by atoms with Gasteiger partial charge in [0, 0.05) is 6.42 Å². The number of rotatable bonds is 13. The topological polar surface area (TPSA) is 357 Å². The zero-order valence-electron chi connectivity index (χ0n) is 26.3. The molecule has 0 spiro atoms. The first-order valence-corrected chi connectivity index (χ1v) is 14.4. The molecule has 3 aromatic carbocycles. The Labute approximate surface area is 281 Å². The van der Waals surface area contributed by atoms with Crippen LogP contribution >= 0.6 is 0 Å². The number of aromatic hydroxyl groups is 3. The Balaban J connectivity index is 0.000000631. The van der Waals surface area contributed by atoms with E-state index < -0.39 is 54.0 Å². The van der Waals surface area contributed by atoms with Crippen molar-refractivity contribution in [3.8, 4) is 17.2 Å². The Kier molecular flexibility index (Phi) is 20.1. The number of carboxylic acid groups (broad SMARTS) is 4. The summed E-state index contributed by atoms with van der Waals surface area (Å²) in [5.74, 6) is -4.22. The fourth-order valence-corrected chi connectivity index (χ4v) is 3.34. The number of phenolic OH excluding ortho intramolecular Hbond substituents is 3. The first kappa shape index (κ1) is 43.2. The second-order valence-electron chi connectivity index (χ2n) is 10.4. The highest BCUT2D eigenvalue weighted by atomic mass is 16.4. The van der Waals surface area contributed by atoms with Gasteiger partial charge in [-0.15, -0.1) is 0 Å². The molecule has 0 saturated carbocycles. The van der Waals surface area contributed by atoms with E-state index >= 15 is 0 Å². The van der Waals surface area contributed by atoms with E-state index in [1.54, 1.807) is 36.4 Å². The number of amides is 1. The summed E-state index contributed by atoms with van der Waals surface area (Å²) in [4.78, 5) is 51.3. The highest BCUT2D eigenvalue weighted by Gasteiger charge is 2.13. The van der Waals surface area contributed by atoms with Crippen molar-refractivity contribution in [1.82, 2.24) is 0 Å². The van der Waals surface area contributed by atoms with E-state index in [0.29, 0.717) is 0 Å². The number of phenols is 3. The Bertz CT molecular complexity index is 1320. The third-order valence-electron chi connectivity index (χ3n) is 6.15. The van der Waals surface area contributed by atoms with Crippen molar-refractivity contribution in [2.24, 2.45) is 28.7 Å². The Morgan fingerprint density at radius 2 is 0.673 bits per heavy atom. The Morgan fingerprint density at radius 3 is 0.857 bits per heavy atom. The van der Waals surface area contributed by atoms with Gasteiger partial charge < -0.3 is 64.4 Å². The van der Waals surface area contributed by atoms with Crippen LogP contribution < -0.4 is 28.7 Å². The van der Waals surface area contributed by atoms with E-state index in [4.69, 9.17) is 64.4 Å². The predicted octanol–water partition coefficient (Wildman–Crippen LogP) is -0.296. The molecule has 3 rings (SSSR count). The summed E-state index contributed by atoms with van der Waals surface area (Å²) >= 11 is 0. The van der Waals surface area contributed by atoms with Crippen LogP contribution in [0.3, 0.4) is 0 Å². The lowest BCUT2D eigenvalue weighted by Gasteiger charge is -2.05. The minimum atomic E-state index is -1.11. The van der Waals surface area contributed by atoms with Gasteiger partial charge in [0.1, 0.15) is 41.4 Å². The summed E-state index contributed by atoms with van der Waals surface area (Å²) in [7, 11) is 0. The van der Waals surface area contributed by atoms with Crippen molar-refractivity contribution in [3.05, 3.63) is 89.5 Å². The third kappa shape index (κ3) is 20.9. The van der Waals surface area contributed by atoms with Gasteiger partial charge in [-0.3, -0.25) is 24.0 Å². The number of hydrogen-bond acceptors (Lipinski definition) is 12. The van der Waals surface area contributed by atoms with Crippen molar-refractivity contribution in [2.75, 3.05) is 0 Å². The van der Waals surface area contributed by atoms with Crippen molar-refractivity contribution in [2.45, 2.75) is 56.3 Å². The summed E-state index contributed by atoms with van der Waals surface area (Å²) in [6, 6.07) is 15.3. The van der Waals surface area contributed by atoms with Gasteiger partial charge in [-0.2, -0.15) is 0 Å². The van der Waals surface area contributed by atoms with Crippen LogP contribution in [0, 0.1) is 0 Å². The molecule has 4 atom stereocenters. The van der Waals surface area contributed by atoms with E-state index in [0.717, 1.165) is 16.7 Å². The predicted molar refractivity (Wildman–Crippen MR) is 176 cm³/mol. The summed E-state index contributed by atoms with van der Waals surface area (Å²) in [5.41, 5.74) is 28.2. The number of aliphatic carboxylic acids is 4. The number of carbonyl (C=O) groups is 5. The quantitative estimate of drug-likeness (QED) is 0.110.